The topological polar surface area (TPSA) is 248 Å². The van der Waals surface area contributed by atoms with Crippen molar-refractivity contribution in [1.29, 1.82) is 0 Å². The van der Waals surface area contributed by atoms with Gasteiger partial charge in [0.15, 0.2) is 26.9 Å². The number of nitrogens with zero attached hydrogens (tertiary/aromatic N) is 11. The maximum absolute atomic E-state index is 9.16. The van der Waals surface area contributed by atoms with Gasteiger partial charge in [-0.2, -0.15) is 0 Å². The fraction of sp³-hybridized carbons (Fsp3) is 0.982. The summed E-state index contributed by atoms with van der Waals surface area (Å²) in [6.45, 7) is 41.7. The van der Waals surface area contributed by atoms with E-state index >= 15 is 0 Å². The van der Waals surface area contributed by atoms with Gasteiger partial charge in [0, 0.05) is 91.9 Å². The van der Waals surface area contributed by atoms with Gasteiger partial charge in [-0.3, -0.25) is 38.8 Å². The van der Waals surface area contributed by atoms with Gasteiger partial charge < -0.3 is 80.4 Å². The van der Waals surface area contributed by atoms with Crippen molar-refractivity contribution >= 4 is 6.47 Å². The number of nitrogens with one attached hydrogen (secondary N) is 4. The smallest absolute Gasteiger partial charge is 0.180 e. The Morgan fingerprint density at radius 3 is 1.10 bits per heavy atom. The predicted octanol–water partition coefficient (Wildman–Crippen LogP) is -3.89. The third-order valence-electron chi connectivity index (χ3n) is 14.9. The molecule has 0 aliphatic carbocycles. The first-order valence-electron chi connectivity index (χ1n) is 29.9. The lowest BCUT2D eigenvalue weighted by Crippen LogP contribution is -3.09. The minimum Gasteiger partial charge on any atom is -0.554 e. The zero-order valence-electron chi connectivity index (χ0n) is 54.3. The van der Waals surface area contributed by atoms with Crippen LogP contribution >= 0.6 is 0 Å². The number of carbonyl (C=O) groups excluding carboxylic acids is 1. The van der Waals surface area contributed by atoms with Gasteiger partial charge in [-0.1, -0.05) is 40.5 Å². The molecule has 0 amide bonds. The SMILES string of the molecule is CCN(C)CNC.CCN(C)CO.CCN1CCN(CNC)CC1.CCN1CCN(CO)CC1.CC[N+](C)(C)CO.CC[N+]1(C)CC[N+](C)(CO)CC1.CNCN1CCCCC1.C[NH+](CO)CO.O=C[O-].OCN1CCCCC1. The molecule has 5 saturated heterocycles. The van der Waals surface area contributed by atoms with E-state index in [-0.39, 0.29) is 40.4 Å². The maximum atomic E-state index is 9.16. The fourth-order valence-electron chi connectivity index (χ4n) is 7.45. The molecule has 0 unspecified atom stereocenters. The summed E-state index contributed by atoms with van der Waals surface area (Å²) in [5, 5.41) is 77.3. The molecule has 5 fully saturated rings. The molecule has 0 aromatic heterocycles. The summed E-state index contributed by atoms with van der Waals surface area (Å²) in [5.74, 6) is 0. The number of hydrogen-bond donors (Lipinski definition) is 11. The Balaban J connectivity index is -0.000000261. The van der Waals surface area contributed by atoms with Gasteiger partial charge in [0.05, 0.1) is 68.5 Å². The molecule has 5 aliphatic rings. The first kappa shape index (κ1) is 86.4. The fourth-order valence-corrected chi connectivity index (χ4v) is 7.45. The molecule has 5 rings (SSSR count). The van der Waals surface area contributed by atoms with Crippen molar-refractivity contribution in [3.63, 3.8) is 0 Å². The number of hydrogen-bond acceptors (Lipinski definition) is 20. The number of piperazine rings is 3. The van der Waals surface area contributed by atoms with E-state index in [0.717, 1.165) is 103 Å². The molecule has 0 aromatic rings. The minimum atomic E-state index is -0.500. The van der Waals surface area contributed by atoms with Crippen LogP contribution in [-0.2, 0) is 4.79 Å². The highest BCUT2D eigenvalue weighted by Crippen LogP contribution is 2.14. The average Bonchev–Trinajstić information content (AvgIpc) is 3.50. The lowest BCUT2D eigenvalue weighted by atomic mass is 10.1. The van der Waals surface area contributed by atoms with Crippen molar-refractivity contribution in [2.75, 3.05) is 282 Å². The molecule has 0 spiro atoms. The van der Waals surface area contributed by atoms with Gasteiger partial charge in [-0.15, -0.1) is 0 Å². The van der Waals surface area contributed by atoms with Crippen LogP contribution in [0.5, 0.6) is 0 Å². The third-order valence-corrected chi connectivity index (χ3v) is 14.9. The van der Waals surface area contributed by atoms with Crippen LogP contribution in [0.1, 0.15) is 80.1 Å². The standard InChI is InChI=1S/C9H22N2O.C8H19N3.C7H16N2O.C7H16N2.C6H13NO.C5H14N2.C5H14NO.C4H11NO.C3H9NO2.CH2O2/c1-4-10(2)5-7-11(3,9-12)8-6-10;1-3-10-4-6-11(7-5-10)8-9-2;1-2-8-3-5-9(7-10)6-4-8;1-8-7-9-5-3-2-4-6-9;8-6-7-4-2-1-3-5-7;1-4-7(3)5-6-2;1-4-6(2,3)5-7;1-3-5(2)4-6;1-4(2-5)3-6;2-1-3/h12H,4-9H2,1-3H3;9H,3-8H2,1-2H3;10H,2-7H2,1H3;8H,2-7H2,1H3;8H,1-6H2;6H,4-5H2,1-3H3;7H,4-5H2,1-3H3;6H,3-4H2,1-2H3;5-6H,2-3H2,1H3;1H,(H,2,3)/q+2;;;;;;+1;;;. The Kier molecular flexibility index (Phi) is 65.3. The highest BCUT2D eigenvalue weighted by atomic mass is 16.3. The van der Waals surface area contributed by atoms with Gasteiger partial charge in [0.1, 0.15) is 26.2 Å². The van der Waals surface area contributed by atoms with Crippen molar-refractivity contribution < 1.29 is 64.0 Å². The summed E-state index contributed by atoms with van der Waals surface area (Å²) in [5.41, 5.74) is 0. The van der Waals surface area contributed by atoms with Crippen LogP contribution in [0.3, 0.4) is 0 Å². The Morgan fingerprint density at radius 1 is 0.544 bits per heavy atom. The number of piperidine rings is 2. The molecule has 24 heteroatoms. The highest BCUT2D eigenvalue weighted by Gasteiger charge is 2.35. The van der Waals surface area contributed by atoms with Crippen LogP contribution in [0, 0.1) is 0 Å². The van der Waals surface area contributed by atoms with Crippen molar-refractivity contribution in [1.82, 2.24) is 55.1 Å². The lowest BCUT2D eigenvalue weighted by molar-refractivity contribution is -1.02. The van der Waals surface area contributed by atoms with E-state index in [1.54, 1.807) is 11.9 Å². The van der Waals surface area contributed by atoms with Gasteiger partial charge in [0.2, 0.25) is 0 Å². The molecule has 482 valence electrons. The Labute approximate surface area is 485 Å². The van der Waals surface area contributed by atoms with E-state index in [9.17, 15) is 0 Å². The molecule has 0 saturated carbocycles. The number of likely N-dealkylation sites (tertiary alicyclic amines) is 2. The molecule has 24 nitrogen and oxygen atoms in total. The number of carbonyl (C=O) groups is 1. The molecule has 79 heavy (non-hydrogen) atoms. The number of quaternary nitrogens is 4. The number of aliphatic hydroxyl groups excluding tert-OH is 7. The van der Waals surface area contributed by atoms with Crippen LogP contribution in [0.25, 0.3) is 0 Å². The summed E-state index contributed by atoms with van der Waals surface area (Å²) in [6, 6.07) is 0. The molecular weight excluding hydrogens is 1010 g/mol. The van der Waals surface area contributed by atoms with Crippen LogP contribution in [-0.4, -0.2) is 376 Å². The lowest BCUT2D eigenvalue weighted by Gasteiger charge is -2.44. The van der Waals surface area contributed by atoms with Crippen LogP contribution < -0.4 is 26.0 Å². The van der Waals surface area contributed by atoms with Crippen molar-refractivity contribution in [3.8, 4) is 0 Å². The van der Waals surface area contributed by atoms with Gasteiger partial charge in [-0.05, 0) is 114 Å². The quantitative estimate of drug-likeness (QED) is 0.0337. The highest BCUT2D eigenvalue weighted by molar-refractivity contribution is 5.29. The second kappa shape index (κ2) is 59.7. The molecule has 5 heterocycles. The maximum Gasteiger partial charge on any atom is 0.180 e. The summed E-state index contributed by atoms with van der Waals surface area (Å²) in [6.07, 6.45) is 8.08. The minimum absolute atomic E-state index is 0.00347. The molecule has 0 atom stereocenters. The first-order chi connectivity index (χ1) is 37.6. The van der Waals surface area contributed by atoms with E-state index in [2.05, 4.69) is 106 Å². The normalized spacial score (nSPS) is 21.2. The molecule has 0 radical (unpaired) electrons. The monoisotopic (exact) mass is 1150 g/mol. The third kappa shape index (κ3) is 55.5. The number of carboxylic acid groups (broad SMARTS) is 1. The summed E-state index contributed by atoms with van der Waals surface area (Å²) >= 11 is 0. The first-order valence-corrected chi connectivity index (χ1v) is 29.9. The van der Waals surface area contributed by atoms with Gasteiger partial charge >= 0.3 is 0 Å². The Bertz CT molecular complexity index is 1140. The van der Waals surface area contributed by atoms with Gasteiger partial charge in [-0.25, -0.2) is 0 Å². The van der Waals surface area contributed by atoms with Crippen LogP contribution in [0.15, 0.2) is 0 Å². The predicted molar refractivity (Wildman–Crippen MR) is 324 cm³/mol. The van der Waals surface area contributed by atoms with Gasteiger partial charge in [0.25, 0.3) is 0 Å². The number of aliphatic hydroxyl groups is 7. The van der Waals surface area contributed by atoms with E-state index in [4.69, 9.17) is 45.6 Å². The van der Waals surface area contributed by atoms with Crippen molar-refractivity contribution in [2.24, 2.45) is 0 Å². The van der Waals surface area contributed by atoms with Crippen LogP contribution in [0.2, 0.25) is 0 Å². The van der Waals surface area contributed by atoms with Crippen LogP contribution in [0.4, 0.5) is 0 Å². The zero-order chi connectivity index (χ0) is 61.4. The second-order valence-corrected chi connectivity index (χ2v) is 22.1. The summed E-state index contributed by atoms with van der Waals surface area (Å²) < 4.78 is 2.71. The summed E-state index contributed by atoms with van der Waals surface area (Å²) in [4.78, 5) is 26.9. The summed E-state index contributed by atoms with van der Waals surface area (Å²) in [7, 11) is 20.0. The largest absolute Gasteiger partial charge is 0.554 e. The second-order valence-electron chi connectivity index (χ2n) is 22.1. The molecule has 0 bridgehead atoms. The Hall–Kier alpha value is -1.41. The van der Waals surface area contributed by atoms with E-state index in [1.165, 1.54) is 108 Å². The number of likely N-dealkylation sites (N-methyl/N-ethyl adjacent to an activating group) is 4. The van der Waals surface area contributed by atoms with Crippen molar-refractivity contribution in [3.05, 3.63) is 0 Å². The van der Waals surface area contributed by atoms with E-state index in [1.807, 2.05) is 49.2 Å². The average molecular weight is 1150 g/mol. The molecule has 5 aliphatic heterocycles. The zero-order valence-corrected chi connectivity index (χ0v) is 54.3. The van der Waals surface area contributed by atoms with E-state index < -0.39 is 6.47 Å². The number of rotatable bonds is 19. The van der Waals surface area contributed by atoms with Crippen molar-refractivity contribution in [2.45, 2.75) is 80.1 Å². The molecular formula is C55H136N15O9+3. The Morgan fingerprint density at radius 2 is 0.886 bits per heavy atom. The molecule has 11 N–H and O–H groups in total. The molecule has 0 aromatic carbocycles. The van der Waals surface area contributed by atoms with E-state index in [0.29, 0.717) is 16.1 Å².